The highest BCUT2D eigenvalue weighted by Gasteiger charge is 2.23. The van der Waals surface area contributed by atoms with E-state index in [9.17, 15) is 5.11 Å². The highest BCUT2D eigenvalue weighted by Crippen LogP contribution is 2.38. The van der Waals surface area contributed by atoms with Crippen LogP contribution in [0.1, 0.15) is 42.5 Å². The SMILES string of the molecule is Cc1c(C)c(OCPO)c(I)c(C)c1CC1C=CC(O)=C(C(C)C)C1. The highest BCUT2D eigenvalue weighted by atomic mass is 127. The first-order valence-electron chi connectivity index (χ1n) is 8.65. The van der Waals surface area contributed by atoms with E-state index in [2.05, 4.69) is 63.3 Å². The molecule has 138 valence electrons. The molecule has 2 rings (SSSR count). The highest BCUT2D eigenvalue weighted by molar-refractivity contribution is 14.1. The van der Waals surface area contributed by atoms with Gasteiger partial charge in [-0.15, -0.1) is 0 Å². The second-order valence-electron chi connectivity index (χ2n) is 7.04. The molecule has 0 spiro atoms. The molecule has 1 aromatic carbocycles. The Balaban J connectivity index is 2.31. The largest absolute Gasteiger partial charge is 0.508 e. The minimum atomic E-state index is -0.201. The molecule has 3 nitrogen and oxygen atoms in total. The summed E-state index contributed by atoms with van der Waals surface area (Å²) >= 11 is 2.35. The van der Waals surface area contributed by atoms with E-state index in [1.165, 1.54) is 16.7 Å². The van der Waals surface area contributed by atoms with Crippen LogP contribution in [0.15, 0.2) is 23.5 Å². The number of hydrogen-bond donors (Lipinski definition) is 2. The fraction of sp³-hybridized carbons (Fsp3) is 0.500. The molecular formula is C20H28IO3P. The Hall–Kier alpha value is -0.580. The molecule has 0 amide bonds. The molecule has 0 heterocycles. The third-order valence-electron chi connectivity index (χ3n) is 5.12. The molecule has 1 aliphatic rings. The second-order valence-corrected chi connectivity index (χ2v) is 8.72. The lowest BCUT2D eigenvalue weighted by atomic mass is 9.82. The molecule has 0 aromatic heterocycles. The predicted octanol–water partition coefficient (Wildman–Crippen LogP) is 5.73. The summed E-state index contributed by atoms with van der Waals surface area (Å²) in [6, 6.07) is 0. The van der Waals surface area contributed by atoms with Crippen molar-refractivity contribution in [1.82, 2.24) is 0 Å². The lowest BCUT2D eigenvalue weighted by Crippen LogP contribution is -2.14. The van der Waals surface area contributed by atoms with Crippen LogP contribution < -0.4 is 4.74 Å². The van der Waals surface area contributed by atoms with Gasteiger partial charge in [-0.05, 0) is 102 Å². The number of aliphatic hydroxyl groups excluding tert-OH is 1. The second kappa shape index (κ2) is 8.88. The monoisotopic (exact) mass is 474 g/mol. The number of rotatable bonds is 6. The van der Waals surface area contributed by atoms with Crippen LogP contribution in [0.3, 0.4) is 0 Å². The van der Waals surface area contributed by atoms with E-state index in [0.717, 1.165) is 33.3 Å². The molecule has 0 aliphatic heterocycles. The number of aliphatic hydroxyl groups is 1. The lowest BCUT2D eigenvalue weighted by molar-refractivity contribution is 0.373. The number of allylic oxidation sites excluding steroid dienone is 3. The maximum absolute atomic E-state index is 10.1. The summed E-state index contributed by atoms with van der Waals surface area (Å²) in [4.78, 5) is 9.08. The summed E-state index contributed by atoms with van der Waals surface area (Å²) in [5.74, 6) is 2.12. The number of hydrogen-bond acceptors (Lipinski definition) is 3. The Labute approximate surface area is 166 Å². The molecule has 2 N–H and O–H groups in total. The van der Waals surface area contributed by atoms with Crippen LogP contribution in [0.2, 0.25) is 0 Å². The van der Waals surface area contributed by atoms with Crippen molar-refractivity contribution in [2.45, 2.75) is 47.5 Å². The number of benzene rings is 1. The number of ether oxygens (including phenoxy) is 1. The molecule has 25 heavy (non-hydrogen) atoms. The van der Waals surface area contributed by atoms with Gasteiger partial charge < -0.3 is 14.7 Å². The van der Waals surface area contributed by atoms with Crippen molar-refractivity contribution in [2.75, 3.05) is 6.35 Å². The maximum Gasteiger partial charge on any atom is 0.136 e. The van der Waals surface area contributed by atoms with Crippen LogP contribution in [0, 0.1) is 36.2 Å². The molecule has 0 radical (unpaired) electrons. The quantitative estimate of drug-likeness (QED) is 0.409. The molecule has 0 saturated heterocycles. The van der Waals surface area contributed by atoms with E-state index in [1.807, 2.05) is 6.08 Å². The zero-order chi connectivity index (χ0) is 18.7. The number of halogens is 1. The van der Waals surface area contributed by atoms with Gasteiger partial charge in [-0.3, -0.25) is 0 Å². The Morgan fingerprint density at radius 3 is 2.52 bits per heavy atom. The fourth-order valence-corrected chi connectivity index (χ4v) is 4.55. The van der Waals surface area contributed by atoms with Crippen LogP contribution in [0.4, 0.5) is 0 Å². The molecule has 1 aliphatic carbocycles. The van der Waals surface area contributed by atoms with Gasteiger partial charge in [0.1, 0.15) is 17.9 Å². The summed E-state index contributed by atoms with van der Waals surface area (Å²) in [5.41, 5.74) is 6.22. The zero-order valence-electron chi connectivity index (χ0n) is 15.6. The van der Waals surface area contributed by atoms with Crippen LogP contribution >= 0.6 is 31.4 Å². The van der Waals surface area contributed by atoms with E-state index in [1.54, 1.807) is 0 Å². The average molecular weight is 474 g/mol. The third-order valence-corrected chi connectivity index (χ3v) is 6.69. The summed E-state index contributed by atoms with van der Waals surface area (Å²) < 4.78 is 6.92. The van der Waals surface area contributed by atoms with E-state index in [4.69, 9.17) is 9.63 Å². The van der Waals surface area contributed by atoms with Gasteiger partial charge in [-0.1, -0.05) is 19.9 Å². The van der Waals surface area contributed by atoms with E-state index < -0.39 is 0 Å². The van der Waals surface area contributed by atoms with Gasteiger partial charge in [-0.2, -0.15) is 0 Å². The van der Waals surface area contributed by atoms with Gasteiger partial charge in [-0.25, -0.2) is 0 Å². The van der Waals surface area contributed by atoms with Crippen molar-refractivity contribution < 1.29 is 14.7 Å². The molecule has 2 atom stereocenters. The van der Waals surface area contributed by atoms with Crippen LogP contribution in [-0.4, -0.2) is 16.3 Å². The standard InChI is InChI=1S/C20H28IO3P/c1-11(2)16-8-15(6-7-18(16)22)9-17-12(3)13(4)20(24-10-25-23)19(21)14(17)5/h6-7,11,15,22-23,25H,8-10H2,1-5H3. The maximum atomic E-state index is 10.1. The Kier molecular flexibility index (Phi) is 7.36. The summed E-state index contributed by atoms with van der Waals surface area (Å²) in [6.07, 6.45) is 6.24. The van der Waals surface area contributed by atoms with Gasteiger partial charge in [0, 0.05) is 8.81 Å². The van der Waals surface area contributed by atoms with Crippen molar-refractivity contribution in [3.63, 3.8) is 0 Å². The summed E-state index contributed by atoms with van der Waals surface area (Å²) in [6.45, 7) is 10.7. The van der Waals surface area contributed by atoms with E-state index >= 15 is 0 Å². The van der Waals surface area contributed by atoms with Crippen molar-refractivity contribution in [3.05, 3.63) is 49.3 Å². The van der Waals surface area contributed by atoms with E-state index in [-0.39, 0.29) is 8.81 Å². The molecule has 1 aromatic rings. The van der Waals surface area contributed by atoms with Crippen LogP contribution in [-0.2, 0) is 6.42 Å². The molecule has 0 bridgehead atoms. The molecule has 2 unspecified atom stereocenters. The third kappa shape index (κ3) is 4.58. The Morgan fingerprint density at radius 1 is 1.24 bits per heavy atom. The van der Waals surface area contributed by atoms with Gasteiger partial charge in [0.25, 0.3) is 0 Å². The molecule has 5 heteroatoms. The summed E-state index contributed by atoms with van der Waals surface area (Å²) in [5, 5.41) is 10.1. The molecular weight excluding hydrogens is 446 g/mol. The first-order valence-corrected chi connectivity index (χ1v) is 10.9. The Bertz CT molecular complexity index is 678. The van der Waals surface area contributed by atoms with Crippen molar-refractivity contribution in [1.29, 1.82) is 0 Å². The van der Waals surface area contributed by atoms with Crippen molar-refractivity contribution in [2.24, 2.45) is 11.8 Å². The van der Waals surface area contributed by atoms with Gasteiger partial charge in [0.15, 0.2) is 0 Å². The Morgan fingerprint density at radius 2 is 1.92 bits per heavy atom. The van der Waals surface area contributed by atoms with Gasteiger partial charge in [0.05, 0.1) is 3.57 Å². The predicted molar refractivity (Wildman–Crippen MR) is 115 cm³/mol. The van der Waals surface area contributed by atoms with Crippen molar-refractivity contribution >= 4 is 31.4 Å². The fourth-order valence-electron chi connectivity index (χ4n) is 3.45. The van der Waals surface area contributed by atoms with Gasteiger partial charge in [0.2, 0.25) is 0 Å². The smallest absolute Gasteiger partial charge is 0.136 e. The molecule has 0 fully saturated rings. The first-order chi connectivity index (χ1) is 11.8. The van der Waals surface area contributed by atoms with Crippen LogP contribution in [0.5, 0.6) is 5.75 Å². The minimum Gasteiger partial charge on any atom is -0.508 e. The van der Waals surface area contributed by atoms with Gasteiger partial charge >= 0.3 is 0 Å². The first kappa shape index (κ1) is 20.7. The average Bonchev–Trinajstić information content (AvgIpc) is 2.58. The zero-order valence-corrected chi connectivity index (χ0v) is 18.8. The topological polar surface area (TPSA) is 49.7 Å². The lowest BCUT2D eigenvalue weighted by Gasteiger charge is -2.25. The molecule has 0 saturated carbocycles. The van der Waals surface area contributed by atoms with Crippen LogP contribution in [0.25, 0.3) is 0 Å². The minimum absolute atomic E-state index is 0.201. The summed E-state index contributed by atoms with van der Waals surface area (Å²) in [7, 11) is -0.201. The van der Waals surface area contributed by atoms with Crippen molar-refractivity contribution in [3.8, 4) is 5.75 Å². The van der Waals surface area contributed by atoms with E-state index in [0.29, 0.717) is 23.9 Å². The normalized spacial score (nSPS) is 18.0.